The zero-order chi connectivity index (χ0) is 14.4. The predicted molar refractivity (Wildman–Crippen MR) is 82.6 cm³/mol. The first-order chi connectivity index (χ1) is 10.2. The van der Waals surface area contributed by atoms with Gasteiger partial charge in [0.05, 0.1) is 5.56 Å². The minimum absolute atomic E-state index is 0.177. The van der Waals surface area contributed by atoms with E-state index in [1.165, 1.54) is 5.56 Å². The smallest absolute Gasteiger partial charge is 0.272 e. The highest BCUT2D eigenvalue weighted by atomic mass is 16.2. The van der Waals surface area contributed by atoms with Crippen molar-refractivity contribution in [2.45, 2.75) is 6.92 Å². The summed E-state index contributed by atoms with van der Waals surface area (Å²) < 4.78 is 0. The fourth-order valence-corrected chi connectivity index (χ4v) is 2.72. The number of carbonyl (C=O) groups is 1. The largest absolute Gasteiger partial charge is 0.360 e. The monoisotopic (exact) mass is 275 g/mol. The van der Waals surface area contributed by atoms with Crippen LogP contribution < -0.4 is 5.43 Å². The molecule has 4 nitrogen and oxygen atoms in total. The van der Waals surface area contributed by atoms with Gasteiger partial charge in [-0.1, -0.05) is 35.9 Å². The summed E-state index contributed by atoms with van der Waals surface area (Å²) in [5.41, 5.74) is 8.13. The molecule has 0 aliphatic carbocycles. The minimum Gasteiger partial charge on any atom is -0.360 e. The topological polar surface area (TPSA) is 57.2 Å². The van der Waals surface area contributed by atoms with Crippen LogP contribution >= 0.6 is 0 Å². The molecule has 1 aliphatic heterocycles. The number of carbonyl (C=O) groups excluding carboxylic acids is 1. The van der Waals surface area contributed by atoms with Crippen LogP contribution in [-0.2, 0) is 0 Å². The lowest BCUT2D eigenvalue weighted by molar-refractivity contribution is 0.0957. The lowest BCUT2D eigenvalue weighted by Crippen LogP contribution is -2.17. The molecular formula is C17H13N3O. The van der Waals surface area contributed by atoms with E-state index >= 15 is 0 Å². The van der Waals surface area contributed by atoms with Crippen molar-refractivity contribution in [3.63, 3.8) is 0 Å². The van der Waals surface area contributed by atoms with Crippen LogP contribution in [0.3, 0.4) is 0 Å². The highest BCUT2D eigenvalue weighted by molar-refractivity contribution is 6.24. The molecule has 0 unspecified atom stereocenters. The Labute approximate surface area is 121 Å². The first-order valence-corrected chi connectivity index (χ1v) is 6.79. The molecule has 2 heterocycles. The summed E-state index contributed by atoms with van der Waals surface area (Å²) in [5.74, 6) is -0.177. The second-order valence-corrected chi connectivity index (χ2v) is 5.20. The molecule has 0 saturated heterocycles. The molecule has 0 radical (unpaired) electrons. The van der Waals surface area contributed by atoms with E-state index in [-0.39, 0.29) is 5.91 Å². The molecule has 0 spiro atoms. The quantitative estimate of drug-likeness (QED) is 0.704. The molecule has 1 amide bonds. The average molecular weight is 275 g/mol. The van der Waals surface area contributed by atoms with Crippen molar-refractivity contribution in [1.29, 1.82) is 0 Å². The van der Waals surface area contributed by atoms with Gasteiger partial charge in [0.25, 0.3) is 5.91 Å². The normalized spacial score (nSPS) is 13.8. The van der Waals surface area contributed by atoms with Crippen LogP contribution in [0, 0.1) is 6.92 Å². The van der Waals surface area contributed by atoms with E-state index in [1.807, 2.05) is 55.6 Å². The summed E-state index contributed by atoms with van der Waals surface area (Å²) in [4.78, 5) is 15.4. The highest BCUT2D eigenvalue weighted by Gasteiger charge is 2.21. The van der Waals surface area contributed by atoms with Gasteiger partial charge in [-0.3, -0.25) is 4.79 Å². The second-order valence-electron chi connectivity index (χ2n) is 5.20. The van der Waals surface area contributed by atoms with Crippen molar-refractivity contribution in [1.82, 2.24) is 10.4 Å². The Bertz CT molecular complexity index is 888. The van der Waals surface area contributed by atoms with E-state index in [0.29, 0.717) is 5.56 Å². The van der Waals surface area contributed by atoms with Crippen LogP contribution in [0.15, 0.2) is 53.8 Å². The van der Waals surface area contributed by atoms with Crippen LogP contribution in [0.2, 0.25) is 0 Å². The van der Waals surface area contributed by atoms with E-state index in [0.717, 1.165) is 27.7 Å². The molecule has 0 fully saturated rings. The number of aryl methyl sites for hydroxylation is 1. The maximum Gasteiger partial charge on any atom is 0.272 e. The average Bonchev–Trinajstić information content (AvgIpc) is 2.86. The van der Waals surface area contributed by atoms with Crippen LogP contribution in [0.1, 0.15) is 27.0 Å². The number of hydrogen-bond acceptors (Lipinski definition) is 2. The Balaban J connectivity index is 2.01. The third kappa shape index (κ3) is 1.76. The number of nitrogens with zero attached hydrogens (tertiary/aromatic N) is 1. The zero-order valence-electron chi connectivity index (χ0n) is 11.5. The molecule has 0 saturated carbocycles. The van der Waals surface area contributed by atoms with Gasteiger partial charge in [0, 0.05) is 28.2 Å². The van der Waals surface area contributed by atoms with Gasteiger partial charge in [0.2, 0.25) is 0 Å². The number of rotatable bonds is 1. The van der Waals surface area contributed by atoms with Crippen molar-refractivity contribution in [3.05, 3.63) is 70.9 Å². The molecule has 2 N–H and O–H groups in total. The molecule has 3 aromatic rings. The van der Waals surface area contributed by atoms with Crippen molar-refractivity contribution in [3.8, 4) is 0 Å². The number of hydrazone groups is 1. The number of nitrogens with one attached hydrogen (secondary N) is 2. The Kier molecular flexibility index (Phi) is 2.44. The van der Waals surface area contributed by atoms with Crippen molar-refractivity contribution >= 4 is 22.5 Å². The van der Waals surface area contributed by atoms with Crippen LogP contribution in [-0.4, -0.2) is 16.6 Å². The molecule has 4 heteroatoms. The second kappa shape index (κ2) is 4.31. The van der Waals surface area contributed by atoms with Crippen molar-refractivity contribution < 1.29 is 4.79 Å². The molecule has 21 heavy (non-hydrogen) atoms. The van der Waals surface area contributed by atoms with Gasteiger partial charge in [0.15, 0.2) is 0 Å². The summed E-state index contributed by atoms with van der Waals surface area (Å²) in [6.07, 6.45) is 1.91. The molecular weight excluding hydrogens is 262 g/mol. The number of H-pyrrole nitrogens is 1. The highest BCUT2D eigenvalue weighted by Crippen LogP contribution is 2.27. The Morgan fingerprint density at radius 2 is 1.81 bits per heavy atom. The molecule has 1 aliphatic rings. The summed E-state index contributed by atoms with van der Waals surface area (Å²) in [6.45, 7) is 2.05. The Morgan fingerprint density at radius 3 is 2.62 bits per heavy atom. The van der Waals surface area contributed by atoms with Gasteiger partial charge in [-0.05, 0) is 19.1 Å². The number of benzene rings is 2. The fraction of sp³-hybridized carbons (Fsp3) is 0.0588. The van der Waals surface area contributed by atoms with Gasteiger partial charge < -0.3 is 4.98 Å². The molecule has 1 aromatic heterocycles. The van der Waals surface area contributed by atoms with Gasteiger partial charge >= 0.3 is 0 Å². The number of aromatic amines is 1. The fourth-order valence-electron chi connectivity index (χ4n) is 2.72. The van der Waals surface area contributed by atoms with Gasteiger partial charge in [-0.2, -0.15) is 5.10 Å². The summed E-state index contributed by atoms with van der Waals surface area (Å²) >= 11 is 0. The summed E-state index contributed by atoms with van der Waals surface area (Å²) in [5, 5.41) is 5.24. The maximum absolute atomic E-state index is 12.2. The predicted octanol–water partition coefficient (Wildman–Crippen LogP) is 2.97. The van der Waals surface area contributed by atoms with Gasteiger partial charge in [-0.25, -0.2) is 5.43 Å². The van der Waals surface area contributed by atoms with E-state index < -0.39 is 0 Å². The van der Waals surface area contributed by atoms with E-state index in [1.54, 1.807) is 0 Å². The first-order valence-electron chi connectivity index (χ1n) is 6.79. The third-order valence-electron chi connectivity index (χ3n) is 3.80. The number of amides is 1. The molecule has 0 atom stereocenters. The first kappa shape index (κ1) is 11.9. The number of hydrogen-bond donors (Lipinski definition) is 2. The van der Waals surface area contributed by atoms with E-state index in [9.17, 15) is 4.79 Å². The summed E-state index contributed by atoms with van der Waals surface area (Å²) in [6, 6.07) is 13.8. The van der Waals surface area contributed by atoms with E-state index in [4.69, 9.17) is 0 Å². The Hall–Kier alpha value is -2.88. The number of aromatic nitrogens is 1. The van der Waals surface area contributed by atoms with Gasteiger partial charge in [-0.15, -0.1) is 0 Å². The van der Waals surface area contributed by atoms with Gasteiger partial charge in [0.1, 0.15) is 5.71 Å². The van der Waals surface area contributed by atoms with E-state index in [2.05, 4.69) is 15.5 Å². The third-order valence-corrected chi connectivity index (χ3v) is 3.80. The van der Waals surface area contributed by atoms with Crippen molar-refractivity contribution in [2.24, 2.45) is 5.10 Å². The Morgan fingerprint density at radius 1 is 1.00 bits per heavy atom. The lowest BCUT2D eigenvalue weighted by atomic mass is 9.98. The summed E-state index contributed by atoms with van der Waals surface area (Å²) in [7, 11) is 0. The standard InChI is InChI=1S/C17H13N3O/c1-10-5-7-11(8-6-10)16-13-9-18-14-4-2-3-12(15(13)14)17(21)20-19-16/h2-9,18H,1H3,(H,20,21). The minimum atomic E-state index is -0.177. The van der Waals surface area contributed by atoms with Crippen LogP contribution in [0.5, 0.6) is 0 Å². The molecule has 2 aromatic carbocycles. The molecule has 4 rings (SSSR count). The maximum atomic E-state index is 12.2. The van der Waals surface area contributed by atoms with Crippen LogP contribution in [0.25, 0.3) is 10.9 Å². The molecule has 102 valence electrons. The lowest BCUT2D eigenvalue weighted by Gasteiger charge is -2.04. The van der Waals surface area contributed by atoms with Crippen LogP contribution in [0.4, 0.5) is 0 Å². The van der Waals surface area contributed by atoms with Crippen molar-refractivity contribution in [2.75, 3.05) is 0 Å². The SMILES string of the molecule is Cc1ccc(C2=NNC(=O)c3cccc4[nH]cc2c34)cc1. The zero-order valence-corrected chi connectivity index (χ0v) is 11.5. The molecule has 0 bridgehead atoms.